The first-order valence-electron chi connectivity index (χ1n) is 23.9. The molecule has 0 fully saturated rings. The normalized spacial score (nSPS) is 14.5. The zero-order chi connectivity index (χ0) is 56.1. The number of phenols is 1. The molecule has 0 heterocycles. The highest BCUT2D eigenvalue weighted by atomic mass is 16.4. The molecule has 7 amide bonds. The summed E-state index contributed by atoms with van der Waals surface area (Å²) in [6.07, 6.45) is -1.79. The summed E-state index contributed by atoms with van der Waals surface area (Å²) in [6.45, 7) is 4.90. The van der Waals surface area contributed by atoms with Gasteiger partial charge in [-0.15, -0.1) is 0 Å². The number of aliphatic carboxylic acids is 3. The van der Waals surface area contributed by atoms with Crippen LogP contribution in [-0.2, 0) is 54.4 Å². The first-order valence-corrected chi connectivity index (χ1v) is 23.9. The van der Waals surface area contributed by atoms with Gasteiger partial charge in [0.15, 0.2) is 11.9 Å². The highest BCUT2D eigenvalue weighted by molar-refractivity contribution is 5.98. The van der Waals surface area contributed by atoms with Crippen LogP contribution in [0.4, 0.5) is 0 Å². The second kappa shape index (κ2) is 33.8. The van der Waals surface area contributed by atoms with Crippen LogP contribution in [0.5, 0.6) is 5.75 Å². The van der Waals surface area contributed by atoms with E-state index in [9.17, 15) is 68.4 Å². The Balaban J connectivity index is 3.79. The van der Waals surface area contributed by atoms with E-state index in [1.807, 2.05) is 0 Å². The van der Waals surface area contributed by atoms with Crippen molar-refractivity contribution >= 4 is 71.2 Å². The number of hydrogen-bond acceptors (Lipinski definition) is 15. The molecule has 0 aliphatic carbocycles. The molecule has 23 N–H and O–H groups in total. The van der Waals surface area contributed by atoms with Crippen LogP contribution in [-0.4, -0.2) is 160 Å². The second-order valence-corrected chi connectivity index (χ2v) is 17.4. The Hall–Kier alpha value is -7.82. The number of rotatable bonds is 36. The number of amides is 7. The van der Waals surface area contributed by atoms with E-state index in [-0.39, 0.29) is 82.2 Å². The van der Waals surface area contributed by atoms with Crippen LogP contribution < -0.4 is 71.6 Å². The van der Waals surface area contributed by atoms with Crippen molar-refractivity contribution in [2.24, 2.45) is 50.3 Å². The van der Waals surface area contributed by atoms with Crippen molar-refractivity contribution in [2.75, 3.05) is 19.6 Å². The summed E-state index contributed by atoms with van der Waals surface area (Å²) in [5.74, 6) is -12.3. The van der Waals surface area contributed by atoms with E-state index in [4.69, 9.17) is 34.4 Å². The number of carboxylic acid groups (broad SMARTS) is 3. The molecule has 0 spiro atoms. The Morgan fingerprint density at radius 2 is 0.959 bits per heavy atom. The molecule has 29 heteroatoms. The molecular formula is C45H75N15O14. The quantitative estimate of drug-likeness (QED) is 0.0171. The van der Waals surface area contributed by atoms with Gasteiger partial charge >= 0.3 is 17.9 Å². The van der Waals surface area contributed by atoms with Crippen LogP contribution in [0.15, 0.2) is 34.3 Å². The minimum absolute atomic E-state index is 0.0399. The number of unbranched alkanes of at least 4 members (excludes halogenated alkanes) is 1. The second-order valence-electron chi connectivity index (χ2n) is 17.4. The SMILES string of the molecule is CC[C@H](C)[C@H](NC(=O)[C@H](C)N)C(=O)N[C@@H](CCC(=O)O)C(=O)N[C@@H](CCCN=C(N)N)C(=O)N[C@@H](Cc1ccc(O)cc1)C(=O)N[C@@H](CCCN=C(N)N)C(=O)N[C@@H](CCCCN)C(=O)N[C@@H](CC(=O)O)C(=O)O. The summed E-state index contributed by atoms with van der Waals surface area (Å²) in [6, 6.07) is -6.29. The smallest absolute Gasteiger partial charge is 0.326 e. The Morgan fingerprint density at radius 3 is 1.36 bits per heavy atom. The number of nitrogens with one attached hydrogen (secondary N) is 7. The van der Waals surface area contributed by atoms with Gasteiger partial charge in [-0.1, -0.05) is 32.4 Å². The monoisotopic (exact) mass is 1050 g/mol. The third-order valence-corrected chi connectivity index (χ3v) is 11.2. The van der Waals surface area contributed by atoms with Crippen LogP contribution in [0.2, 0.25) is 0 Å². The van der Waals surface area contributed by atoms with E-state index in [0.29, 0.717) is 18.4 Å². The third kappa shape index (κ3) is 25.5. The largest absolute Gasteiger partial charge is 0.508 e. The van der Waals surface area contributed by atoms with Crippen LogP contribution in [0.3, 0.4) is 0 Å². The summed E-state index contributed by atoms with van der Waals surface area (Å²) in [5, 5.41) is 55.6. The molecular weight excluding hydrogens is 975 g/mol. The number of guanidine groups is 2. The molecule has 29 nitrogen and oxygen atoms in total. The summed E-state index contributed by atoms with van der Waals surface area (Å²) in [5.41, 5.74) is 33.7. The third-order valence-electron chi connectivity index (χ3n) is 11.2. The van der Waals surface area contributed by atoms with E-state index in [1.54, 1.807) is 13.8 Å². The van der Waals surface area contributed by atoms with Gasteiger partial charge in [0, 0.05) is 25.9 Å². The molecule has 0 saturated heterocycles. The first-order chi connectivity index (χ1) is 34.8. The lowest BCUT2D eigenvalue weighted by Crippen LogP contribution is -2.60. The van der Waals surface area contributed by atoms with Crippen LogP contribution >= 0.6 is 0 Å². The lowest BCUT2D eigenvalue weighted by Gasteiger charge is -2.29. The Kier molecular flexibility index (Phi) is 29.3. The van der Waals surface area contributed by atoms with Gasteiger partial charge in [0.2, 0.25) is 41.4 Å². The van der Waals surface area contributed by atoms with Gasteiger partial charge in [-0.2, -0.15) is 0 Å². The van der Waals surface area contributed by atoms with Gasteiger partial charge in [0.05, 0.1) is 12.5 Å². The van der Waals surface area contributed by atoms with Gasteiger partial charge in [0.1, 0.15) is 48.0 Å². The molecule has 414 valence electrons. The standard InChI is InChI=1S/C45H75N15O14/c1-4-23(2)35(60-36(66)24(3)47)42(72)57-30(16-17-33(62)63)40(70)55-29(11-8-20-53-45(50)51)38(68)58-31(21-25-12-14-26(61)15-13-25)41(71)56-28(10-7-19-52-44(48)49)37(67)54-27(9-5-6-18-46)39(69)59-32(43(73)74)22-34(64)65/h12-15,23-24,27-32,35,61H,4-11,16-22,46-47H2,1-3H3,(H,54,67)(H,55,70)(H,56,71)(H,57,72)(H,58,68)(H,59,69)(H,60,66)(H,62,63)(H,64,65)(H,73,74)(H4,48,49,52)(H4,50,51,53)/t23-,24-,27-,28-,29-,30-,31-,32-,35-/m0/s1. The average Bonchev–Trinajstić information content (AvgIpc) is 3.32. The zero-order valence-corrected chi connectivity index (χ0v) is 41.8. The fourth-order valence-electron chi connectivity index (χ4n) is 6.90. The maximum Gasteiger partial charge on any atom is 0.326 e. The highest BCUT2D eigenvalue weighted by Crippen LogP contribution is 2.15. The fourth-order valence-corrected chi connectivity index (χ4v) is 6.90. The van der Waals surface area contributed by atoms with Crippen molar-refractivity contribution in [2.45, 2.75) is 146 Å². The molecule has 0 unspecified atom stereocenters. The van der Waals surface area contributed by atoms with Crippen molar-refractivity contribution < 1.29 is 68.4 Å². The number of benzene rings is 1. The summed E-state index contributed by atoms with van der Waals surface area (Å²) in [4.78, 5) is 139. The lowest BCUT2D eigenvalue weighted by molar-refractivity contribution is -0.147. The number of carbonyl (C=O) groups is 10. The predicted molar refractivity (Wildman–Crippen MR) is 268 cm³/mol. The Bertz CT molecular complexity index is 2120. The van der Waals surface area contributed by atoms with Crippen molar-refractivity contribution in [3.8, 4) is 5.75 Å². The van der Waals surface area contributed by atoms with Gasteiger partial charge in [-0.3, -0.25) is 53.1 Å². The first kappa shape index (κ1) is 64.2. The molecule has 1 rings (SSSR count). The zero-order valence-electron chi connectivity index (χ0n) is 41.8. The number of phenolic OH excluding ortho intramolecular Hbond substituents is 1. The minimum atomic E-state index is -1.87. The molecule has 0 aromatic heterocycles. The van der Waals surface area contributed by atoms with E-state index in [1.165, 1.54) is 31.2 Å². The molecule has 0 radical (unpaired) electrons. The maximum absolute atomic E-state index is 14.5. The number of aliphatic imine (C=N–C) groups is 2. The highest BCUT2D eigenvalue weighted by Gasteiger charge is 2.35. The van der Waals surface area contributed by atoms with Crippen LogP contribution in [0.25, 0.3) is 0 Å². The van der Waals surface area contributed by atoms with Crippen molar-refractivity contribution in [3.05, 3.63) is 29.8 Å². The number of hydrogen-bond donors (Lipinski definition) is 17. The fraction of sp³-hybridized carbons (Fsp3) is 0.600. The molecule has 1 aromatic carbocycles. The summed E-state index contributed by atoms with van der Waals surface area (Å²) < 4.78 is 0. The Morgan fingerprint density at radius 1 is 0.541 bits per heavy atom. The van der Waals surface area contributed by atoms with Gasteiger partial charge in [-0.05, 0) is 88.4 Å². The van der Waals surface area contributed by atoms with Gasteiger partial charge in [-0.25, -0.2) is 4.79 Å². The topological polar surface area (TPSA) is 517 Å². The minimum Gasteiger partial charge on any atom is -0.508 e. The number of nitrogens with two attached hydrogens (primary N) is 6. The summed E-state index contributed by atoms with van der Waals surface area (Å²) in [7, 11) is 0. The van der Waals surface area contributed by atoms with Gasteiger partial charge in [0.25, 0.3) is 0 Å². The molecule has 1 aromatic rings. The van der Waals surface area contributed by atoms with E-state index < -0.39 is 133 Å². The van der Waals surface area contributed by atoms with E-state index in [0.717, 1.165) is 0 Å². The molecule has 0 aliphatic rings. The maximum atomic E-state index is 14.5. The van der Waals surface area contributed by atoms with Crippen molar-refractivity contribution in [1.82, 2.24) is 37.2 Å². The molecule has 0 bridgehead atoms. The van der Waals surface area contributed by atoms with Crippen LogP contribution in [0, 0.1) is 5.92 Å². The lowest BCUT2D eigenvalue weighted by atomic mass is 9.97. The summed E-state index contributed by atoms with van der Waals surface area (Å²) >= 11 is 0. The van der Waals surface area contributed by atoms with E-state index >= 15 is 0 Å². The van der Waals surface area contributed by atoms with Gasteiger partial charge < -0.3 is 92.0 Å². The molecule has 0 saturated carbocycles. The number of nitrogens with zero attached hydrogens (tertiary/aromatic N) is 2. The average molecular weight is 1050 g/mol. The number of carboxylic acids is 3. The van der Waals surface area contributed by atoms with Crippen LogP contribution in [0.1, 0.15) is 97.0 Å². The van der Waals surface area contributed by atoms with E-state index in [2.05, 4.69) is 47.2 Å². The predicted octanol–water partition coefficient (Wildman–Crippen LogP) is -4.62. The van der Waals surface area contributed by atoms with Crippen molar-refractivity contribution in [3.63, 3.8) is 0 Å². The molecule has 0 aliphatic heterocycles. The molecule has 74 heavy (non-hydrogen) atoms. The number of carbonyl (C=O) groups excluding carboxylic acids is 7. The molecule has 9 atom stereocenters. The van der Waals surface area contributed by atoms with Crippen molar-refractivity contribution in [1.29, 1.82) is 0 Å². The number of aromatic hydroxyl groups is 1. The Labute approximate surface area is 427 Å².